The van der Waals surface area contributed by atoms with E-state index in [4.69, 9.17) is 33.2 Å². The average molecular weight is 1100 g/mol. The number of esters is 1. The van der Waals surface area contributed by atoms with Crippen molar-refractivity contribution >= 4 is 29.2 Å². The van der Waals surface area contributed by atoms with Gasteiger partial charge in [0.2, 0.25) is 5.79 Å². The van der Waals surface area contributed by atoms with Crippen LogP contribution in [-0.4, -0.2) is 182 Å². The van der Waals surface area contributed by atoms with E-state index >= 15 is 0 Å². The number of rotatable bonds is 15. The quantitative estimate of drug-likeness (QED) is 0.0647. The number of cyclic esters (lactones) is 1. The summed E-state index contributed by atoms with van der Waals surface area (Å²) in [5.41, 5.74) is 1.26. The van der Waals surface area contributed by atoms with Crippen molar-refractivity contribution in [1.82, 2.24) is 9.80 Å². The van der Waals surface area contributed by atoms with Gasteiger partial charge in [-0.15, -0.1) is 0 Å². The van der Waals surface area contributed by atoms with Gasteiger partial charge in [-0.05, 0) is 126 Å². The predicted octanol–water partition coefficient (Wildman–Crippen LogP) is 7.07. The van der Waals surface area contributed by atoms with Crippen LogP contribution >= 0.6 is 0 Å². The van der Waals surface area contributed by atoms with Crippen molar-refractivity contribution in [2.75, 3.05) is 73.4 Å². The number of ketones is 3. The molecule has 2 bridgehead atoms. The number of morpholine rings is 1. The summed E-state index contributed by atoms with van der Waals surface area (Å²) < 4.78 is 42.6. The molecule has 4 fully saturated rings. The van der Waals surface area contributed by atoms with E-state index in [0.29, 0.717) is 70.2 Å². The summed E-state index contributed by atoms with van der Waals surface area (Å²) in [7, 11) is 3.09. The highest BCUT2D eigenvalue weighted by Gasteiger charge is 2.53. The molecule has 442 valence electrons. The summed E-state index contributed by atoms with van der Waals surface area (Å²) in [6.45, 7) is 18.2. The lowest BCUT2D eigenvalue weighted by Gasteiger charge is -2.43. The molecule has 78 heavy (non-hydrogen) atoms. The number of aliphatic hydroxyl groups is 3. The van der Waals surface area contributed by atoms with Gasteiger partial charge in [0, 0.05) is 90.8 Å². The first-order chi connectivity index (χ1) is 37.3. The lowest BCUT2D eigenvalue weighted by atomic mass is 9.78. The van der Waals surface area contributed by atoms with Gasteiger partial charge >= 0.3 is 5.97 Å². The van der Waals surface area contributed by atoms with Crippen molar-refractivity contribution in [1.29, 1.82) is 0 Å². The van der Waals surface area contributed by atoms with E-state index in [1.807, 2.05) is 58.1 Å². The third kappa shape index (κ3) is 19.1. The number of hydrogen-bond donors (Lipinski definition) is 3. The van der Waals surface area contributed by atoms with Crippen LogP contribution in [0.4, 0.5) is 0 Å². The van der Waals surface area contributed by atoms with Crippen LogP contribution in [-0.2, 0) is 57.1 Å². The molecule has 3 N–H and O–H groups in total. The maximum absolute atomic E-state index is 14.7. The largest absolute Gasteiger partial charge is 0.460 e. The number of methoxy groups -OCH3 is 2. The minimum absolute atomic E-state index is 0.00281. The van der Waals surface area contributed by atoms with E-state index in [0.717, 1.165) is 64.1 Å². The van der Waals surface area contributed by atoms with Gasteiger partial charge in [0.05, 0.1) is 37.6 Å². The summed E-state index contributed by atoms with van der Waals surface area (Å²) >= 11 is 0. The minimum Gasteiger partial charge on any atom is -0.460 e. The maximum Gasteiger partial charge on any atom is 0.329 e. The monoisotopic (exact) mass is 1100 g/mol. The fourth-order valence-corrected chi connectivity index (χ4v) is 12.0. The summed E-state index contributed by atoms with van der Waals surface area (Å²) in [5.74, 6) is -7.99. The summed E-state index contributed by atoms with van der Waals surface area (Å²) in [6.07, 6.45) is 14.4. The third-order valence-corrected chi connectivity index (χ3v) is 17.1. The first-order valence-corrected chi connectivity index (χ1v) is 29.4. The Hall–Kier alpha value is -3.49. The zero-order chi connectivity index (χ0) is 56.9. The van der Waals surface area contributed by atoms with E-state index < -0.39 is 77.8 Å². The number of allylic oxidation sites excluding steroid dienone is 6. The molecule has 1 saturated carbocycles. The van der Waals surface area contributed by atoms with Crippen LogP contribution in [0.15, 0.2) is 47.6 Å². The molecule has 1 amide bonds. The Labute approximate surface area is 465 Å². The van der Waals surface area contributed by atoms with E-state index in [2.05, 4.69) is 4.90 Å². The molecule has 4 aliphatic heterocycles. The number of carbonyl (C=O) groups is 5. The van der Waals surface area contributed by atoms with Crippen LogP contribution in [0.25, 0.3) is 0 Å². The van der Waals surface area contributed by atoms with Crippen LogP contribution in [0.1, 0.15) is 145 Å². The fourth-order valence-electron chi connectivity index (χ4n) is 12.0. The number of amides is 1. The van der Waals surface area contributed by atoms with Gasteiger partial charge in [0.15, 0.2) is 5.78 Å². The molecule has 0 aromatic carbocycles. The van der Waals surface area contributed by atoms with Crippen molar-refractivity contribution in [3.63, 3.8) is 0 Å². The molecule has 0 unspecified atom stereocenters. The summed E-state index contributed by atoms with van der Waals surface area (Å²) in [4.78, 5) is 75.5. The molecule has 3 saturated heterocycles. The smallest absolute Gasteiger partial charge is 0.329 e. The van der Waals surface area contributed by atoms with E-state index in [1.165, 1.54) is 12.0 Å². The number of Topliss-reactive ketones (excluding diaryl/α,β-unsaturated/α-hetero) is 3. The van der Waals surface area contributed by atoms with Gasteiger partial charge in [0.1, 0.15) is 30.1 Å². The van der Waals surface area contributed by atoms with E-state index in [9.17, 15) is 39.3 Å². The summed E-state index contributed by atoms with van der Waals surface area (Å²) in [6, 6.07) is -1.15. The van der Waals surface area contributed by atoms with Crippen LogP contribution < -0.4 is 0 Å². The second kappa shape index (κ2) is 32.8. The molecule has 15 atom stereocenters. The highest BCUT2D eigenvalue weighted by molar-refractivity contribution is 6.39. The number of fused-ring (bicyclic) bond motifs is 3. The molecular formula is C61H98N2O15. The van der Waals surface area contributed by atoms with E-state index in [1.54, 1.807) is 34.0 Å². The van der Waals surface area contributed by atoms with Gasteiger partial charge in [0.25, 0.3) is 11.7 Å². The van der Waals surface area contributed by atoms with Gasteiger partial charge in [-0.25, -0.2) is 4.79 Å². The Morgan fingerprint density at radius 3 is 2.27 bits per heavy atom. The normalized spacial score (nSPS) is 37.1. The Kier molecular flexibility index (Phi) is 27.5. The van der Waals surface area contributed by atoms with Crippen molar-refractivity contribution in [2.45, 2.75) is 199 Å². The average Bonchev–Trinajstić information content (AvgIpc) is 3.47. The van der Waals surface area contributed by atoms with Crippen molar-refractivity contribution < 1.29 is 72.5 Å². The van der Waals surface area contributed by atoms with Gasteiger partial charge in [-0.1, -0.05) is 71.1 Å². The van der Waals surface area contributed by atoms with Gasteiger partial charge in [-0.3, -0.25) is 24.1 Å². The lowest BCUT2D eigenvalue weighted by Crippen LogP contribution is -2.61. The Morgan fingerprint density at radius 2 is 1.55 bits per heavy atom. The maximum atomic E-state index is 14.7. The molecule has 1 aliphatic carbocycles. The van der Waals surface area contributed by atoms with Crippen LogP contribution in [0.5, 0.6) is 0 Å². The van der Waals surface area contributed by atoms with Crippen molar-refractivity contribution in [3.8, 4) is 0 Å². The lowest BCUT2D eigenvalue weighted by molar-refractivity contribution is -0.266. The van der Waals surface area contributed by atoms with Crippen molar-refractivity contribution in [3.05, 3.63) is 47.6 Å². The number of aliphatic hydroxyl groups excluding tert-OH is 2. The standard InChI is InChI=1S/C61H98N2O15/c1-40-18-11-10-12-19-41(2)52(76-30-16-15-29-64)38-48-23-21-46(7)61(71,78-48)58(68)59(69)63-26-14-13-20-49(63)60(70)77-53(39-50(65)42(3)35-45(6)56(67)57(73-9)55(66)44(5)34-40)43(4)36-47-22-24-51(54(37-47)72-8)75-31-17-25-62-27-32-74-33-28-62/h10-12,18-19,35,40,42-44,46-49,51-54,56-57,64,67,71H,13-17,20-34,36-39H2,1-9H3/b12-10+,18-11+,41-19+,45-35+/t40-,42-,43-,44-,46-,47+,48+,49+,51-,52+,53+,54-,56-,57+,61-/m1/s1. The van der Waals surface area contributed by atoms with Crippen LogP contribution in [0.2, 0.25) is 0 Å². The third-order valence-electron chi connectivity index (χ3n) is 17.1. The molecule has 17 nitrogen and oxygen atoms in total. The number of carbonyl (C=O) groups excluding carboxylic acids is 5. The topological polar surface area (TPSA) is 217 Å². The Morgan fingerprint density at radius 1 is 0.808 bits per heavy atom. The highest BCUT2D eigenvalue weighted by Crippen LogP contribution is 2.38. The molecule has 5 rings (SSSR count). The highest BCUT2D eigenvalue weighted by atomic mass is 16.6. The Bertz CT molecular complexity index is 2040. The molecular weight excluding hydrogens is 1000 g/mol. The number of unbranched alkanes of at least 4 members (excludes halogenated alkanes) is 1. The first kappa shape index (κ1) is 65.3. The number of nitrogens with zero attached hydrogens (tertiary/aromatic N) is 2. The van der Waals surface area contributed by atoms with Gasteiger partial charge < -0.3 is 53.4 Å². The first-order valence-electron chi connectivity index (χ1n) is 29.4. The summed E-state index contributed by atoms with van der Waals surface area (Å²) in [5, 5.41) is 33.2. The van der Waals surface area contributed by atoms with Gasteiger partial charge in [-0.2, -0.15) is 0 Å². The molecule has 17 heteroatoms. The van der Waals surface area contributed by atoms with E-state index in [-0.39, 0.29) is 73.9 Å². The molecule has 0 aromatic rings. The number of piperidine rings is 1. The van der Waals surface area contributed by atoms with Crippen LogP contribution in [0, 0.1) is 35.5 Å². The zero-order valence-corrected chi connectivity index (χ0v) is 48.7. The second-order valence-electron chi connectivity index (χ2n) is 23.3. The van der Waals surface area contributed by atoms with Crippen molar-refractivity contribution in [2.24, 2.45) is 35.5 Å². The molecule has 0 spiro atoms. The zero-order valence-electron chi connectivity index (χ0n) is 48.7. The number of ether oxygens (including phenoxy) is 7. The predicted molar refractivity (Wildman–Crippen MR) is 296 cm³/mol. The Balaban J connectivity index is 1.42. The molecule has 4 heterocycles. The molecule has 0 radical (unpaired) electrons. The second-order valence-corrected chi connectivity index (χ2v) is 23.3. The molecule has 0 aromatic heterocycles. The minimum atomic E-state index is -2.47. The molecule has 5 aliphatic rings. The number of hydrogen-bond acceptors (Lipinski definition) is 16. The fraction of sp³-hybridized carbons (Fsp3) is 0.787. The SMILES string of the molecule is CO[C@@H]1C[C@H](C[C@@H](C)[C@@H]2CC(=O)[C@H](C)/C=C(\C)[C@@H](O)[C@@H](OC)C(=O)[C@H](C)C[C@H](C)/C=C/C=C/C=C(\C)[C@@H](OCCCCO)C[C@@H]3CC[C@@H](C)[C@@](O)(O3)C(=O)C(=O)N3CCCC[C@H]3C(=O)O2)CC[C@H]1OCCCN1CCOCC1. The van der Waals surface area contributed by atoms with Crippen LogP contribution in [0.3, 0.4) is 0 Å².